The number of hydrogen-bond acceptors (Lipinski definition) is 5. The Morgan fingerprint density at radius 3 is 2.70 bits per heavy atom. The van der Waals surface area contributed by atoms with Gasteiger partial charge in [0.1, 0.15) is 5.75 Å². The summed E-state index contributed by atoms with van der Waals surface area (Å²) in [6, 6.07) is 10.00. The number of nitrogens with two attached hydrogens (primary N) is 1. The number of amides is 1. The van der Waals surface area contributed by atoms with E-state index in [0.29, 0.717) is 23.1 Å². The number of fused-ring (bicyclic) bond motifs is 5. The first kappa shape index (κ1) is 16.1. The smallest absolute Gasteiger partial charge is 0.405 e. The van der Waals surface area contributed by atoms with E-state index < -0.39 is 23.2 Å². The third-order valence-corrected chi connectivity index (χ3v) is 6.04. The molecule has 27 heavy (non-hydrogen) atoms. The molecular formula is C20H18N2O5. The van der Waals surface area contributed by atoms with Gasteiger partial charge in [-0.1, -0.05) is 31.2 Å². The van der Waals surface area contributed by atoms with Gasteiger partial charge in [0.05, 0.1) is 5.56 Å². The van der Waals surface area contributed by atoms with Gasteiger partial charge in [0.25, 0.3) is 5.79 Å². The zero-order chi connectivity index (χ0) is 19.1. The van der Waals surface area contributed by atoms with Crippen LogP contribution in [0.5, 0.6) is 5.75 Å². The molecule has 7 heteroatoms. The molecule has 1 amide bonds. The fourth-order valence-corrected chi connectivity index (χ4v) is 4.56. The molecule has 0 aromatic heterocycles. The third-order valence-electron chi connectivity index (χ3n) is 6.04. The number of rotatable bonds is 2. The summed E-state index contributed by atoms with van der Waals surface area (Å²) in [4.78, 5) is 25.0. The van der Waals surface area contributed by atoms with Gasteiger partial charge in [-0.3, -0.25) is 10.1 Å². The highest BCUT2D eigenvalue weighted by Gasteiger charge is 2.72. The van der Waals surface area contributed by atoms with Crippen molar-refractivity contribution in [2.45, 2.75) is 30.6 Å². The first-order valence-electron chi connectivity index (χ1n) is 8.80. The van der Waals surface area contributed by atoms with E-state index in [1.54, 1.807) is 18.2 Å². The Morgan fingerprint density at radius 2 is 2.04 bits per heavy atom. The predicted octanol–water partition coefficient (Wildman–Crippen LogP) is 2.29. The predicted molar refractivity (Wildman–Crippen MR) is 95.5 cm³/mol. The Balaban J connectivity index is 1.75. The van der Waals surface area contributed by atoms with Crippen molar-refractivity contribution in [1.82, 2.24) is 5.32 Å². The minimum absolute atomic E-state index is 0.0827. The summed E-state index contributed by atoms with van der Waals surface area (Å²) >= 11 is 0. The van der Waals surface area contributed by atoms with Gasteiger partial charge in [0, 0.05) is 16.8 Å². The zero-order valence-electron chi connectivity index (χ0n) is 14.5. The summed E-state index contributed by atoms with van der Waals surface area (Å²) < 4.78 is 5.88. The lowest BCUT2D eigenvalue weighted by molar-refractivity contribution is -0.169. The van der Waals surface area contributed by atoms with Crippen molar-refractivity contribution in [3.05, 3.63) is 58.7 Å². The molecule has 0 radical (unpaired) electrons. The number of nitrogen functional groups attached to an aromatic ring is 1. The summed E-state index contributed by atoms with van der Waals surface area (Å²) in [6.07, 6.45) is -0.371. The number of ketones is 1. The maximum Gasteiger partial charge on any atom is 0.405 e. The Bertz CT molecular complexity index is 1040. The Labute approximate surface area is 154 Å². The number of benzene rings is 2. The highest BCUT2D eigenvalue weighted by atomic mass is 16.6. The maximum atomic E-state index is 13.4. The van der Waals surface area contributed by atoms with Gasteiger partial charge in [-0.2, -0.15) is 0 Å². The second-order valence-corrected chi connectivity index (χ2v) is 7.60. The lowest BCUT2D eigenvalue weighted by Crippen LogP contribution is -2.59. The van der Waals surface area contributed by atoms with Crippen molar-refractivity contribution in [3.8, 4) is 5.75 Å². The van der Waals surface area contributed by atoms with Crippen molar-refractivity contribution >= 4 is 17.6 Å². The van der Waals surface area contributed by atoms with E-state index in [1.807, 2.05) is 6.07 Å². The summed E-state index contributed by atoms with van der Waals surface area (Å²) in [5.41, 5.74) is 5.74. The first-order chi connectivity index (χ1) is 12.8. The molecule has 2 aliphatic carbocycles. The van der Waals surface area contributed by atoms with Crippen molar-refractivity contribution in [2.24, 2.45) is 5.92 Å². The minimum atomic E-state index is -2.19. The quantitative estimate of drug-likeness (QED) is 0.605. The van der Waals surface area contributed by atoms with Crippen LogP contribution in [0, 0.1) is 5.92 Å². The zero-order valence-corrected chi connectivity index (χ0v) is 14.5. The summed E-state index contributed by atoms with van der Waals surface area (Å²) in [5, 5.41) is 23.2. The molecule has 4 atom stereocenters. The van der Waals surface area contributed by atoms with Crippen LogP contribution in [-0.2, 0) is 11.3 Å². The van der Waals surface area contributed by atoms with E-state index in [2.05, 4.69) is 12.2 Å². The second-order valence-electron chi connectivity index (χ2n) is 7.60. The summed E-state index contributed by atoms with van der Waals surface area (Å²) in [7, 11) is 0. The Kier molecular flexibility index (Phi) is 2.87. The molecule has 3 aliphatic rings. The van der Waals surface area contributed by atoms with E-state index in [4.69, 9.17) is 10.5 Å². The molecule has 0 unspecified atom stereocenters. The number of aliphatic hydroxyl groups is 1. The molecular weight excluding hydrogens is 348 g/mol. The van der Waals surface area contributed by atoms with E-state index in [-0.39, 0.29) is 16.8 Å². The fourth-order valence-electron chi connectivity index (χ4n) is 4.56. The van der Waals surface area contributed by atoms with Crippen molar-refractivity contribution in [2.75, 3.05) is 5.73 Å². The number of ether oxygens (including phenoxy) is 1. The fraction of sp³-hybridized carbons (Fsp3) is 0.300. The van der Waals surface area contributed by atoms with Crippen LogP contribution in [0.25, 0.3) is 0 Å². The van der Waals surface area contributed by atoms with Crippen LogP contribution in [0.15, 0.2) is 36.4 Å². The van der Waals surface area contributed by atoms with Crippen molar-refractivity contribution in [1.29, 1.82) is 0 Å². The number of carboxylic acid groups (broad SMARTS) is 1. The molecule has 2 aromatic carbocycles. The van der Waals surface area contributed by atoms with Crippen LogP contribution in [0.2, 0.25) is 0 Å². The number of anilines is 1. The highest BCUT2D eigenvalue weighted by molar-refractivity contribution is 6.14. The van der Waals surface area contributed by atoms with E-state index in [0.717, 1.165) is 12.0 Å². The average molecular weight is 366 g/mol. The van der Waals surface area contributed by atoms with Crippen LogP contribution in [0.3, 0.4) is 0 Å². The molecule has 2 aromatic rings. The summed E-state index contributed by atoms with van der Waals surface area (Å²) in [6.45, 7) is 2.15. The molecule has 1 heterocycles. The Morgan fingerprint density at radius 1 is 1.30 bits per heavy atom. The first-order valence-corrected chi connectivity index (χ1v) is 8.80. The minimum Gasteiger partial charge on any atom is -0.465 e. The average Bonchev–Trinajstić information content (AvgIpc) is 3.24. The molecule has 0 bridgehead atoms. The van der Waals surface area contributed by atoms with Gasteiger partial charge in [0.2, 0.25) is 11.3 Å². The molecule has 1 saturated carbocycles. The monoisotopic (exact) mass is 366 g/mol. The third kappa shape index (κ3) is 1.79. The van der Waals surface area contributed by atoms with Gasteiger partial charge in [-0.15, -0.1) is 0 Å². The molecule has 5 N–H and O–H groups in total. The largest absolute Gasteiger partial charge is 0.465 e. The van der Waals surface area contributed by atoms with E-state index in [1.165, 1.54) is 12.1 Å². The van der Waals surface area contributed by atoms with Crippen molar-refractivity contribution < 1.29 is 24.5 Å². The molecule has 7 nitrogen and oxygen atoms in total. The molecule has 138 valence electrons. The van der Waals surface area contributed by atoms with Crippen LogP contribution < -0.4 is 15.8 Å². The topological polar surface area (TPSA) is 122 Å². The number of hydrogen-bond donors (Lipinski definition) is 4. The molecule has 1 aliphatic heterocycles. The van der Waals surface area contributed by atoms with Crippen LogP contribution >= 0.6 is 0 Å². The lowest BCUT2D eigenvalue weighted by Gasteiger charge is -2.33. The number of carbonyl (C=O) groups is 2. The Hall–Kier alpha value is -3.06. The van der Waals surface area contributed by atoms with Gasteiger partial charge in [-0.25, -0.2) is 4.79 Å². The normalized spacial score (nSPS) is 32.3. The van der Waals surface area contributed by atoms with Gasteiger partial charge in [0.15, 0.2) is 0 Å². The van der Waals surface area contributed by atoms with Crippen LogP contribution in [-0.4, -0.2) is 22.1 Å². The van der Waals surface area contributed by atoms with Gasteiger partial charge in [-0.05, 0) is 36.0 Å². The van der Waals surface area contributed by atoms with Crippen LogP contribution in [0.4, 0.5) is 10.5 Å². The standard InChI is InChI=1S/C20H18N2O5/c1-9-7-11(9)10-5-6-12-15(8-10)27-20(26)13-3-2-4-14(21)16(13)17(23)19(12,20)22-18(24)25/h2-6,8-9,11,22,26H,7,21H2,1H3,(H,24,25)/t9-,11-,19+,20+/m0/s1. The molecule has 1 fully saturated rings. The number of carbonyl (C=O) groups excluding carboxylic acids is 1. The van der Waals surface area contributed by atoms with Crippen molar-refractivity contribution in [3.63, 3.8) is 0 Å². The molecule has 0 saturated heterocycles. The lowest BCUT2D eigenvalue weighted by atomic mass is 9.82. The summed E-state index contributed by atoms with van der Waals surface area (Å²) in [5.74, 6) is -1.52. The number of nitrogens with one attached hydrogen (secondary N) is 1. The highest BCUT2D eigenvalue weighted by Crippen LogP contribution is 2.60. The van der Waals surface area contributed by atoms with Gasteiger partial charge < -0.3 is 20.7 Å². The van der Waals surface area contributed by atoms with Crippen LogP contribution in [0.1, 0.15) is 46.3 Å². The SMILES string of the molecule is C[C@H]1C[C@@H]1c1ccc2c(c1)O[C@]1(O)c3cccc(N)c3C(=O)[C@]21NC(=O)O. The maximum absolute atomic E-state index is 13.4. The van der Waals surface area contributed by atoms with E-state index >= 15 is 0 Å². The second kappa shape index (κ2) is 4.80. The van der Waals surface area contributed by atoms with Gasteiger partial charge >= 0.3 is 6.09 Å². The number of Topliss-reactive ketones (excluding diaryl/α,β-unsaturated/α-hetero) is 1. The molecule has 0 spiro atoms. The van der Waals surface area contributed by atoms with E-state index in [9.17, 15) is 19.8 Å². The molecule has 5 rings (SSSR count).